The van der Waals surface area contributed by atoms with Crippen molar-refractivity contribution in [3.63, 3.8) is 0 Å². The zero-order valence-corrected chi connectivity index (χ0v) is 7.45. The first-order valence-electron chi connectivity index (χ1n) is 1.52. The normalized spacial score (nSPS) is 11.8. The van der Waals surface area contributed by atoms with E-state index in [9.17, 15) is 0 Å². The van der Waals surface area contributed by atoms with Gasteiger partial charge in [0, 0.05) is 0 Å². The molecule has 0 aliphatic carbocycles. The van der Waals surface area contributed by atoms with E-state index >= 15 is 0 Å². The van der Waals surface area contributed by atoms with Crippen molar-refractivity contribution in [3.05, 3.63) is 0 Å². The topological polar surface area (TPSA) is 0 Å². The molecule has 0 aromatic rings. The van der Waals surface area contributed by atoms with Crippen LogP contribution in [0.5, 0.6) is 0 Å². The van der Waals surface area contributed by atoms with Gasteiger partial charge < -0.3 is 0 Å². The molecular weight excluding hydrogens is 190 g/mol. The van der Waals surface area contributed by atoms with Gasteiger partial charge in [-0.15, -0.1) is 0 Å². The van der Waals surface area contributed by atoms with E-state index in [4.69, 9.17) is 0 Å². The van der Waals surface area contributed by atoms with Crippen LogP contribution in [0.15, 0.2) is 0 Å². The standard InChI is InChI=1S/C3H9AsSe/c1-4(2,3)5/h1-3H3. The van der Waals surface area contributed by atoms with E-state index in [1.54, 1.807) is 0 Å². The van der Waals surface area contributed by atoms with Gasteiger partial charge in [0.05, 0.1) is 0 Å². The predicted molar refractivity (Wildman–Crippen MR) is 29.1 cm³/mol. The van der Waals surface area contributed by atoms with Crippen LogP contribution in [0.25, 0.3) is 0 Å². The Kier molecular flexibility index (Phi) is 2.05. The molecule has 0 fully saturated rings. The summed E-state index contributed by atoms with van der Waals surface area (Å²) in [6.07, 6.45) is 0. The van der Waals surface area contributed by atoms with Crippen LogP contribution in [0.4, 0.5) is 0 Å². The summed E-state index contributed by atoms with van der Waals surface area (Å²) < 4.78 is 0. The van der Waals surface area contributed by atoms with Crippen molar-refractivity contribution < 1.29 is 0 Å². The minimum absolute atomic E-state index is 1.00. The molecule has 0 radical (unpaired) electrons. The van der Waals surface area contributed by atoms with Crippen molar-refractivity contribution in [2.24, 2.45) is 0 Å². The van der Waals surface area contributed by atoms with E-state index in [2.05, 4.69) is 30.6 Å². The van der Waals surface area contributed by atoms with Crippen molar-refractivity contribution in [1.82, 2.24) is 0 Å². The molecule has 0 spiro atoms. The molecule has 0 aliphatic rings. The van der Waals surface area contributed by atoms with Crippen LogP contribution in [0, 0.1) is 0 Å². The maximum atomic E-state index is 3.15. The molecule has 0 bridgehead atoms. The van der Waals surface area contributed by atoms with Crippen molar-refractivity contribution in [2.75, 3.05) is 0 Å². The van der Waals surface area contributed by atoms with Gasteiger partial charge in [0.2, 0.25) is 0 Å². The summed E-state index contributed by atoms with van der Waals surface area (Å²) in [5, 5.41) is 0. The first-order chi connectivity index (χ1) is 2.00. The van der Waals surface area contributed by atoms with Crippen molar-refractivity contribution in [3.8, 4) is 0 Å². The van der Waals surface area contributed by atoms with Crippen LogP contribution in [-0.4, -0.2) is 24.6 Å². The van der Waals surface area contributed by atoms with Crippen LogP contribution in [0.1, 0.15) is 0 Å². The molecule has 0 heterocycles. The Bertz CT molecular complexity index is 53.0. The molecule has 2 heteroatoms. The van der Waals surface area contributed by atoms with Crippen LogP contribution >= 0.6 is 0 Å². The number of hydrogen-bond acceptors (Lipinski definition) is 0. The van der Waals surface area contributed by atoms with Crippen molar-refractivity contribution in [1.29, 1.82) is 0 Å². The molecule has 0 aromatic carbocycles. The third-order valence-corrected chi connectivity index (χ3v) is 0. The van der Waals surface area contributed by atoms with Crippen LogP contribution < -0.4 is 0 Å². The van der Waals surface area contributed by atoms with E-state index in [0.717, 1.165) is 0 Å². The molecule has 0 saturated heterocycles. The van der Waals surface area contributed by atoms with Gasteiger partial charge in [-0.2, -0.15) is 0 Å². The molecule has 0 amide bonds. The monoisotopic (exact) mass is 200 g/mol. The molecular formula is C3H9AsSe. The van der Waals surface area contributed by atoms with E-state index in [1.807, 2.05) is 0 Å². The zero-order valence-electron chi connectivity index (χ0n) is 3.86. The van der Waals surface area contributed by atoms with Gasteiger partial charge in [0.25, 0.3) is 0 Å². The van der Waals surface area contributed by atoms with Crippen molar-refractivity contribution in [2.45, 2.75) is 17.1 Å². The Morgan fingerprint density at radius 2 is 1.20 bits per heavy atom. The molecule has 0 saturated carbocycles. The van der Waals surface area contributed by atoms with E-state index < -0.39 is 11.1 Å². The molecule has 0 rings (SSSR count). The molecule has 0 N–H and O–H groups in total. The van der Waals surface area contributed by atoms with Gasteiger partial charge in [0.1, 0.15) is 0 Å². The molecule has 32 valence electrons. The van der Waals surface area contributed by atoms with Gasteiger partial charge in [-0.1, -0.05) is 0 Å². The fourth-order valence-corrected chi connectivity index (χ4v) is 0. The second-order valence-electron chi connectivity index (χ2n) is 1.89. The van der Waals surface area contributed by atoms with Gasteiger partial charge >= 0.3 is 41.7 Å². The summed E-state index contributed by atoms with van der Waals surface area (Å²) in [7, 11) is 0. The van der Waals surface area contributed by atoms with E-state index in [0.29, 0.717) is 0 Å². The zero-order chi connectivity index (χ0) is 4.50. The van der Waals surface area contributed by atoms with Gasteiger partial charge in [-0.25, -0.2) is 0 Å². The fourth-order valence-electron chi connectivity index (χ4n) is 0. The van der Waals surface area contributed by atoms with Crippen LogP contribution in [0.2, 0.25) is 17.1 Å². The summed E-state index contributed by atoms with van der Waals surface area (Å²) in [5.41, 5.74) is 6.91. The SMILES string of the molecule is C[As](C)(C)=[Se]. The van der Waals surface area contributed by atoms with Gasteiger partial charge in [0.15, 0.2) is 0 Å². The predicted octanol–water partition coefficient (Wildman–Crippen LogP) is 0.990. The van der Waals surface area contributed by atoms with Gasteiger partial charge in [-0.3, -0.25) is 0 Å². The van der Waals surface area contributed by atoms with E-state index in [-0.39, 0.29) is 0 Å². The molecule has 0 unspecified atom stereocenters. The van der Waals surface area contributed by atoms with Gasteiger partial charge in [-0.05, 0) is 0 Å². The molecule has 0 nitrogen and oxygen atoms in total. The third-order valence-electron chi connectivity index (χ3n) is 0. The van der Waals surface area contributed by atoms with Crippen molar-refractivity contribution >= 4 is 24.6 Å². The average Bonchev–Trinajstić information content (AvgIpc) is 0.722. The van der Waals surface area contributed by atoms with Crippen LogP contribution in [-0.2, 0) is 0 Å². The first kappa shape index (κ1) is 6.08. The Morgan fingerprint density at radius 1 is 1.20 bits per heavy atom. The quantitative estimate of drug-likeness (QED) is 0.510. The molecule has 0 aromatic heterocycles. The number of rotatable bonds is 0. The maximum absolute atomic E-state index is 3.15. The Balaban J connectivity index is 3.47. The summed E-state index contributed by atoms with van der Waals surface area (Å²) in [4.78, 5) is 0. The second-order valence-corrected chi connectivity index (χ2v) is 21.8. The fraction of sp³-hybridized carbons (Fsp3) is 1.00. The second kappa shape index (κ2) is 1.69. The Labute approximate surface area is 41.9 Å². The number of hydrogen-bond donors (Lipinski definition) is 0. The summed E-state index contributed by atoms with van der Waals surface area (Å²) in [6.45, 7) is 0. The minimum atomic E-state index is -1.00. The summed E-state index contributed by atoms with van der Waals surface area (Å²) in [6, 6.07) is 0. The van der Waals surface area contributed by atoms with Crippen LogP contribution in [0.3, 0.4) is 0 Å². The molecule has 0 aliphatic heterocycles. The Morgan fingerprint density at radius 3 is 1.20 bits per heavy atom. The Hall–Kier alpha value is 1.08. The molecule has 0 atom stereocenters. The summed E-state index contributed by atoms with van der Waals surface area (Å²) in [5.74, 6) is 0. The van der Waals surface area contributed by atoms with E-state index in [1.165, 1.54) is 0 Å². The first-order valence-corrected chi connectivity index (χ1v) is 11.9. The molecule has 5 heavy (non-hydrogen) atoms. The average molecular weight is 199 g/mol. The summed E-state index contributed by atoms with van der Waals surface area (Å²) >= 11 is 2.15. The third kappa shape index (κ3) is 41.4.